The highest BCUT2D eigenvalue weighted by Gasteiger charge is 2.38. The second-order valence-corrected chi connectivity index (χ2v) is 13.1. The molecule has 224 valence electrons. The molecule has 1 aromatic carbocycles. The van der Waals surface area contributed by atoms with Crippen LogP contribution in [0.1, 0.15) is 80.8 Å². The van der Waals surface area contributed by atoms with Gasteiger partial charge in [-0.05, 0) is 88.1 Å². The largest absolute Gasteiger partial charge is 0.478 e. The zero-order chi connectivity index (χ0) is 30.1. The molecule has 0 spiro atoms. The van der Waals surface area contributed by atoms with E-state index in [1.54, 1.807) is 13.8 Å². The normalized spacial score (nSPS) is 19.7. The molecule has 9 nitrogen and oxygen atoms in total. The number of alkyl halides is 3. The van der Waals surface area contributed by atoms with Gasteiger partial charge in [0.1, 0.15) is 11.3 Å². The fourth-order valence-electron chi connectivity index (χ4n) is 4.98. The molecule has 13 heteroatoms. The number of hydrogen-bond donors (Lipinski definition) is 2. The molecular weight excluding hydrogens is 563 g/mol. The summed E-state index contributed by atoms with van der Waals surface area (Å²) in [4.78, 5) is 30.9. The van der Waals surface area contributed by atoms with Crippen LogP contribution in [0.3, 0.4) is 0 Å². The monoisotopic (exact) mass is 597 g/mol. The summed E-state index contributed by atoms with van der Waals surface area (Å²) >= 11 is 0. The maximum absolute atomic E-state index is 13.9. The number of aromatic nitrogens is 1. The standard InChI is InChI=1S/C28H34F3N3O6S/c1-16(2)34(26(35)19-6-4-17(3)5-7-19)24-11-8-20(13-22(24)27(36)37)40-25-23(28(29,30)31)12-18(14-32-25)15-33-41(38,39)21-9-10-21/h8,11-14,16-17,19,21,33H,4-7,9-10,15H2,1-3H3,(H,36,37). The lowest BCUT2D eigenvalue weighted by molar-refractivity contribution is -0.139. The van der Waals surface area contributed by atoms with Crippen LogP contribution in [0.5, 0.6) is 11.6 Å². The van der Waals surface area contributed by atoms with E-state index in [1.807, 2.05) is 0 Å². The van der Waals surface area contributed by atoms with Crippen LogP contribution in [0.4, 0.5) is 18.9 Å². The van der Waals surface area contributed by atoms with E-state index < -0.39 is 38.9 Å². The number of carbonyl (C=O) groups is 2. The Morgan fingerprint density at radius 2 is 1.78 bits per heavy atom. The van der Waals surface area contributed by atoms with Crippen LogP contribution >= 0.6 is 0 Å². The first-order chi connectivity index (χ1) is 19.2. The Morgan fingerprint density at radius 1 is 1.12 bits per heavy atom. The minimum absolute atomic E-state index is 0.0151. The molecule has 0 atom stereocenters. The van der Waals surface area contributed by atoms with Crippen LogP contribution in [0, 0.1) is 11.8 Å². The molecule has 2 N–H and O–H groups in total. The van der Waals surface area contributed by atoms with E-state index >= 15 is 0 Å². The SMILES string of the molecule is CC1CCC(C(=O)N(c2ccc(Oc3ncc(CNS(=O)(=O)C4CC4)cc3C(F)(F)F)cc2C(=O)O)C(C)C)CC1. The van der Waals surface area contributed by atoms with Crippen molar-refractivity contribution in [1.29, 1.82) is 0 Å². The van der Waals surface area contributed by atoms with E-state index in [4.69, 9.17) is 4.74 Å². The summed E-state index contributed by atoms with van der Waals surface area (Å²) in [6.45, 7) is 5.30. The highest BCUT2D eigenvalue weighted by Crippen LogP contribution is 2.39. The number of carboxylic acids is 1. The van der Waals surface area contributed by atoms with Crippen LogP contribution in [-0.2, 0) is 27.5 Å². The quantitative estimate of drug-likeness (QED) is 0.358. The summed E-state index contributed by atoms with van der Waals surface area (Å²) in [6, 6.07) is 4.11. The van der Waals surface area contributed by atoms with E-state index in [0.29, 0.717) is 31.6 Å². The molecule has 1 amide bonds. The minimum Gasteiger partial charge on any atom is -0.478 e. The number of benzene rings is 1. The number of carbonyl (C=O) groups excluding carboxylic acids is 1. The molecular formula is C28H34F3N3O6S. The number of pyridine rings is 1. The third-order valence-electron chi connectivity index (χ3n) is 7.45. The van der Waals surface area contributed by atoms with E-state index in [1.165, 1.54) is 17.0 Å². The topological polar surface area (TPSA) is 126 Å². The van der Waals surface area contributed by atoms with Gasteiger partial charge in [-0.3, -0.25) is 4.79 Å². The lowest BCUT2D eigenvalue weighted by Crippen LogP contribution is -2.42. The first-order valence-electron chi connectivity index (χ1n) is 13.6. The Hall–Kier alpha value is -3.19. The molecule has 0 aliphatic heterocycles. The van der Waals surface area contributed by atoms with Crippen molar-refractivity contribution < 1.29 is 41.0 Å². The Kier molecular flexibility index (Phi) is 8.98. The Labute approximate surface area is 237 Å². The Morgan fingerprint density at radius 3 is 2.34 bits per heavy atom. The molecule has 0 unspecified atom stereocenters. The zero-order valence-electron chi connectivity index (χ0n) is 23.1. The number of hydrogen-bond acceptors (Lipinski definition) is 6. The maximum atomic E-state index is 13.9. The van der Waals surface area contributed by atoms with Crippen LogP contribution in [0.15, 0.2) is 30.5 Å². The number of aromatic carboxylic acids is 1. The van der Waals surface area contributed by atoms with Gasteiger partial charge >= 0.3 is 12.1 Å². The van der Waals surface area contributed by atoms with Gasteiger partial charge in [-0.1, -0.05) is 6.92 Å². The number of rotatable bonds is 10. The van der Waals surface area contributed by atoms with Crippen molar-refractivity contribution in [2.75, 3.05) is 4.90 Å². The van der Waals surface area contributed by atoms with E-state index in [9.17, 15) is 36.3 Å². The minimum atomic E-state index is -4.89. The third-order valence-corrected chi connectivity index (χ3v) is 9.34. The van der Waals surface area contributed by atoms with Crippen molar-refractivity contribution in [2.45, 2.75) is 83.3 Å². The van der Waals surface area contributed by atoms with Crippen LogP contribution in [0.25, 0.3) is 0 Å². The molecule has 0 bridgehead atoms. The van der Waals surface area contributed by atoms with E-state index in [0.717, 1.165) is 31.2 Å². The zero-order valence-corrected chi connectivity index (χ0v) is 23.9. The van der Waals surface area contributed by atoms with Crippen molar-refractivity contribution in [3.05, 3.63) is 47.2 Å². The molecule has 2 aliphatic rings. The third kappa shape index (κ3) is 7.37. The lowest BCUT2D eigenvalue weighted by atomic mass is 9.82. The number of nitrogens with one attached hydrogen (secondary N) is 1. The summed E-state index contributed by atoms with van der Waals surface area (Å²) in [5.74, 6) is -2.30. The van der Waals surface area contributed by atoms with Crippen molar-refractivity contribution in [2.24, 2.45) is 11.8 Å². The number of halogens is 3. The average Bonchev–Trinajstić information content (AvgIpc) is 3.75. The first-order valence-corrected chi connectivity index (χ1v) is 15.1. The van der Waals surface area contributed by atoms with Crippen molar-refractivity contribution in [3.8, 4) is 11.6 Å². The molecule has 1 aromatic heterocycles. The smallest absolute Gasteiger partial charge is 0.421 e. The predicted molar refractivity (Wildman–Crippen MR) is 145 cm³/mol. The summed E-state index contributed by atoms with van der Waals surface area (Å²) < 4.78 is 73.5. The van der Waals surface area contributed by atoms with Gasteiger partial charge in [-0.2, -0.15) is 13.2 Å². The lowest BCUT2D eigenvalue weighted by Gasteiger charge is -2.34. The number of sulfonamides is 1. The van der Waals surface area contributed by atoms with Gasteiger partial charge in [0.25, 0.3) is 0 Å². The van der Waals surface area contributed by atoms with Crippen molar-refractivity contribution in [3.63, 3.8) is 0 Å². The number of carboxylic acid groups (broad SMARTS) is 1. The molecule has 4 rings (SSSR count). The van der Waals surface area contributed by atoms with Crippen molar-refractivity contribution >= 4 is 27.6 Å². The van der Waals surface area contributed by atoms with E-state index in [-0.39, 0.29) is 47.0 Å². The molecule has 2 aliphatic carbocycles. The van der Waals surface area contributed by atoms with Gasteiger partial charge in [0.05, 0.1) is 16.5 Å². The highest BCUT2D eigenvalue weighted by atomic mass is 32.2. The predicted octanol–water partition coefficient (Wildman–Crippen LogP) is 5.74. The molecule has 1 heterocycles. The summed E-state index contributed by atoms with van der Waals surface area (Å²) in [5.41, 5.74) is -1.43. The van der Waals surface area contributed by atoms with Gasteiger partial charge in [0.2, 0.25) is 21.8 Å². The second-order valence-electron chi connectivity index (χ2n) is 11.1. The molecule has 0 saturated heterocycles. The van der Waals surface area contributed by atoms with Gasteiger partial charge in [0.15, 0.2) is 0 Å². The number of anilines is 1. The number of amides is 1. The fraction of sp³-hybridized carbons (Fsp3) is 0.536. The van der Waals surface area contributed by atoms with Crippen molar-refractivity contribution in [1.82, 2.24) is 9.71 Å². The fourth-order valence-corrected chi connectivity index (χ4v) is 6.34. The Bertz CT molecular complexity index is 1400. The molecule has 2 fully saturated rings. The summed E-state index contributed by atoms with van der Waals surface area (Å²) in [6.07, 6.45) is 0.412. The van der Waals surface area contributed by atoms with Crippen LogP contribution in [0.2, 0.25) is 0 Å². The molecule has 41 heavy (non-hydrogen) atoms. The summed E-state index contributed by atoms with van der Waals surface area (Å²) in [7, 11) is -3.61. The number of nitrogens with zero attached hydrogens (tertiary/aromatic N) is 2. The van der Waals surface area contributed by atoms with Crippen LogP contribution < -0.4 is 14.4 Å². The van der Waals surface area contributed by atoms with E-state index in [2.05, 4.69) is 16.6 Å². The van der Waals surface area contributed by atoms with Crippen LogP contribution in [-0.4, -0.2) is 41.7 Å². The van der Waals surface area contributed by atoms with Gasteiger partial charge < -0.3 is 14.7 Å². The van der Waals surface area contributed by atoms with Gasteiger partial charge in [0, 0.05) is 24.7 Å². The molecule has 0 radical (unpaired) electrons. The molecule has 2 saturated carbocycles. The van der Waals surface area contributed by atoms with Gasteiger partial charge in [-0.25, -0.2) is 22.9 Å². The second kappa shape index (κ2) is 12.0. The summed E-state index contributed by atoms with van der Waals surface area (Å²) in [5, 5.41) is 9.43. The average molecular weight is 598 g/mol. The Balaban J connectivity index is 1.61. The molecule has 2 aromatic rings. The first kappa shape index (κ1) is 30.8. The number of ether oxygens (including phenoxy) is 1. The van der Waals surface area contributed by atoms with Gasteiger partial charge in [-0.15, -0.1) is 0 Å². The maximum Gasteiger partial charge on any atom is 0.421 e. The highest BCUT2D eigenvalue weighted by molar-refractivity contribution is 7.90.